The fourth-order valence-corrected chi connectivity index (χ4v) is 2.04. The van der Waals surface area contributed by atoms with Crippen molar-refractivity contribution in [3.63, 3.8) is 0 Å². The van der Waals surface area contributed by atoms with E-state index < -0.39 is 6.10 Å². The molecule has 1 N–H and O–H groups in total. The molecule has 1 aliphatic heterocycles. The van der Waals surface area contributed by atoms with Crippen LogP contribution in [0.3, 0.4) is 0 Å². The van der Waals surface area contributed by atoms with Gasteiger partial charge in [0.05, 0.1) is 10.9 Å². The highest BCUT2D eigenvalue weighted by Crippen LogP contribution is 2.22. The molecule has 4 nitrogen and oxygen atoms in total. The maximum absolute atomic E-state index is 12.0. The van der Waals surface area contributed by atoms with Crippen molar-refractivity contribution in [1.29, 1.82) is 0 Å². The second-order valence-electron chi connectivity index (χ2n) is 3.75. The van der Waals surface area contributed by atoms with Crippen LogP contribution in [0.1, 0.15) is 18.3 Å². The van der Waals surface area contributed by atoms with Gasteiger partial charge in [0.15, 0.2) is 0 Å². The lowest BCUT2D eigenvalue weighted by atomic mass is 10.2. The first-order valence-corrected chi connectivity index (χ1v) is 4.95. The van der Waals surface area contributed by atoms with Crippen molar-refractivity contribution in [2.24, 2.45) is 0 Å². The Balaban J connectivity index is 0.000000963. The van der Waals surface area contributed by atoms with Crippen LogP contribution in [0, 0.1) is 0 Å². The molecule has 0 saturated carbocycles. The molecule has 1 atom stereocenters. The summed E-state index contributed by atoms with van der Waals surface area (Å²) in [5.74, 6) is 0.499. The van der Waals surface area contributed by atoms with E-state index in [1.54, 1.807) is 16.7 Å². The van der Waals surface area contributed by atoms with E-state index >= 15 is 0 Å². The Labute approximate surface area is 102 Å². The third kappa shape index (κ3) is 1.47. The van der Waals surface area contributed by atoms with Crippen molar-refractivity contribution >= 4 is 27.9 Å². The van der Waals surface area contributed by atoms with Crippen molar-refractivity contribution in [3.8, 4) is 0 Å². The molecule has 1 aromatic carbocycles. The van der Waals surface area contributed by atoms with Crippen LogP contribution in [0.2, 0.25) is 0 Å². The summed E-state index contributed by atoms with van der Waals surface area (Å²) in [5, 5.41) is 10.3. The molecule has 16 heavy (non-hydrogen) atoms. The molecule has 0 amide bonds. The summed E-state index contributed by atoms with van der Waals surface area (Å²) in [6.07, 6.45) is -0.0132. The van der Waals surface area contributed by atoms with Crippen LogP contribution in [0.5, 0.6) is 0 Å². The number of aromatic nitrogens is 2. The van der Waals surface area contributed by atoms with Crippen molar-refractivity contribution < 1.29 is 5.11 Å². The van der Waals surface area contributed by atoms with E-state index in [9.17, 15) is 9.90 Å². The van der Waals surface area contributed by atoms with E-state index in [-0.39, 0.29) is 22.5 Å². The number of halogens is 1. The first kappa shape index (κ1) is 11.3. The van der Waals surface area contributed by atoms with Gasteiger partial charge in [0.1, 0.15) is 11.9 Å². The van der Waals surface area contributed by atoms with Crippen LogP contribution >= 0.6 is 17.0 Å². The summed E-state index contributed by atoms with van der Waals surface area (Å²) in [7, 11) is 0. The maximum atomic E-state index is 12.0. The molecule has 2 aromatic rings. The molecule has 0 bridgehead atoms. The van der Waals surface area contributed by atoms with Gasteiger partial charge in [-0.2, -0.15) is 0 Å². The molecule has 0 radical (unpaired) electrons. The van der Waals surface area contributed by atoms with Crippen LogP contribution in [-0.2, 0) is 6.54 Å². The smallest absolute Gasteiger partial charge is 0.261 e. The van der Waals surface area contributed by atoms with Crippen LogP contribution in [0.4, 0.5) is 0 Å². The number of rotatable bonds is 0. The number of nitrogens with zero attached hydrogens (tertiary/aromatic N) is 2. The molecule has 0 aliphatic carbocycles. The molecule has 84 valence electrons. The molecule has 0 fully saturated rings. The van der Waals surface area contributed by atoms with Gasteiger partial charge in [-0.05, 0) is 18.6 Å². The van der Waals surface area contributed by atoms with Gasteiger partial charge in [-0.3, -0.25) is 9.36 Å². The number of aliphatic hydroxyl groups excluding tert-OH is 1. The Morgan fingerprint density at radius 2 is 2.12 bits per heavy atom. The van der Waals surface area contributed by atoms with Crippen LogP contribution in [0.25, 0.3) is 10.9 Å². The molecule has 1 aliphatic rings. The van der Waals surface area contributed by atoms with Crippen LogP contribution in [0.15, 0.2) is 29.1 Å². The second-order valence-corrected chi connectivity index (χ2v) is 3.75. The zero-order valence-corrected chi connectivity index (χ0v) is 10.2. The van der Waals surface area contributed by atoms with Gasteiger partial charge >= 0.3 is 0 Å². The molecule has 0 saturated heterocycles. The third-order valence-electron chi connectivity index (χ3n) is 2.82. The lowest BCUT2D eigenvalue weighted by Gasteiger charge is -2.05. The molecule has 0 spiro atoms. The van der Waals surface area contributed by atoms with Gasteiger partial charge in [-0.1, -0.05) is 12.1 Å². The zero-order valence-electron chi connectivity index (χ0n) is 8.46. The second kappa shape index (κ2) is 3.99. The summed E-state index contributed by atoms with van der Waals surface area (Å²) in [6, 6.07) is 7.22. The fourth-order valence-electron chi connectivity index (χ4n) is 2.04. The average Bonchev–Trinajstić information content (AvgIpc) is 2.62. The van der Waals surface area contributed by atoms with Crippen molar-refractivity contribution in [2.75, 3.05) is 0 Å². The van der Waals surface area contributed by atoms with Gasteiger partial charge in [0, 0.05) is 6.54 Å². The van der Waals surface area contributed by atoms with E-state index in [1.807, 2.05) is 12.1 Å². The highest BCUT2D eigenvalue weighted by molar-refractivity contribution is 8.93. The van der Waals surface area contributed by atoms with Crippen LogP contribution < -0.4 is 5.56 Å². The van der Waals surface area contributed by atoms with Gasteiger partial charge in [0.2, 0.25) is 0 Å². The van der Waals surface area contributed by atoms with Crippen LogP contribution in [-0.4, -0.2) is 14.7 Å². The molecule has 1 unspecified atom stereocenters. The quantitative estimate of drug-likeness (QED) is 0.795. The predicted octanol–water partition coefficient (Wildman–Crippen LogP) is 1.41. The molecule has 1 aromatic heterocycles. The Hall–Kier alpha value is -1.20. The lowest BCUT2D eigenvalue weighted by molar-refractivity contribution is 0.176. The summed E-state index contributed by atoms with van der Waals surface area (Å²) in [4.78, 5) is 16.3. The van der Waals surface area contributed by atoms with Crippen molar-refractivity contribution in [3.05, 3.63) is 40.4 Å². The number of hydrogen-bond acceptors (Lipinski definition) is 3. The van der Waals surface area contributed by atoms with E-state index in [0.29, 0.717) is 29.7 Å². The summed E-state index contributed by atoms with van der Waals surface area (Å²) < 4.78 is 1.56. The summed E-state index contributed by atoms with van der Waals surface area (Å²) >= 11 is 0. The summed E-state index contributed by atoms with van der Waals surface area (Å²) in [5.41, 5.74) is 0.613. The van der Waals surface area contributed by atoms with E-state index in [2.05, 4.69) is 4.98 Å². The number of fused-ring (bicyclic) bond motifs is 2. The van der Waals surface area contributed by atoms with Gasteiger partial charge < -0.3 is 5.11 Å². The number of aliphatic hydroxyl groups is 1. The van der Waals surface area contributed by atoms with Gasteiger partial charge in [0.25, 0.3) is 5.56 Å². The largest absolute Gasteiger partial charge is 0.385 e. The normalized spacial score (nSPS) is 18.2. The first-order valence-electron chi connectivity index (χ1n) is 4.95. The number of para-hydroxylation sites is 1. The van der Waals surface area contributed by atoms with E-state index in [0.717, 1.165) is 0 Å². The fraction of sp³-hybridized carbons (Fsp3) is 0.273. The monoisotopic (exact) mass is 282 g/mol. The minimum atomic E-state index is -0.595. The molecular formula is C11H11BrN2O2. The zero-order chi connectivity index (χ0) is 10.4. The highest BCUT2D eigenvalue weighted by Gasteiger charge is 2.23. The minimum Gasteiger partial charge on any atom is -0.385 e. The molecule has 5 heteroatoms. The van der Waals surface area contributed by atoms with Gasteiger partial charge in [-0.25, -0.2) is 4.98 Å². The SMILES string of the molecule is Br.O=c1c2ccccc2nc2n1CCC2O. The Bertz CT molecular complexity index is 594. The summed E-state index contributed by atoms with van der Waals surface area (Å²) in [6.45, 7) is 0.563. The average molecular weight is 283 g/mol. The standard InChI is InChI=1S/C11H10N2O2.BrH/c14-9-5-6-13-10(9)12-8-4-2-1-3-7(8)11(13)15;/h1-4,9,14H,5-6H2;1H. The van der Waals surface area contributed by atoms with Crippen molar-refractivity contribution in [2.45, 2.75) is 19.1 Å². The Morgan fingerprint density at radius 1 is 1.38 bits per heavy atom. The number of benzene rings is 1. The van der Waals surface area contributed by atoms with E-state index in [4.69, 9.17) is 0 Å². The van der Waals surface area contributed by atoms with Crippen molar-refractivity contribution in [1.82, 2.24) is 9.55 Å². The third-order valence-corrected chi connectivity index (χ3v) is 2.82. The van der Waals surface area contributed by atoms with Gasteiger partial charge in [-0.15, -0.1) is 17.0 Å². The van der Waals surface area contributed by atoms with E-state index in [1.165, 1.54) is 0 Å². The Kier molecular flexibility index (Phi) is 2.82. The topological polar surface area (TPSA) is 55.1 Å². The number of hydrogen-bond donors (Lipinski definition) is 1. The lowest BCUT2D eigenvalue weighted by Crippen LogP contribution is -2.21. The Morgan fingerprint density at radius 3 is 2.94 bits per heavy atom. The minimum absolute atomic E-state index is 0. The maximum Gasteiger partial charge on any atom is 0.261 e. The molecule has 3 rings (SSSR count). The first-order chi connectivity index (χ1) is 7.27. The highest BCUT2D eigenvalue weighted by atomic mass is 79.9. The molecular weight excluding hydrogens is 272 g/mol. The predicted molar refractivity (Wildman–Crippen MR) is 65.9 cm³/mol. The molecule has 2 heterocycles.